The molecule has 1 unspecified atom stereocenters. The standard InChI is InChI=1S/C17H11.C10H15.C2H4.2ClH.Zr/c1-3-7-14-12(5-1)9-10-16-15-8-4-2-6-13(15)11-17(14)16;1-8-6-5-7-9(8)10(2,3)4;1-2;;;/h1-11H;6H,5H2,1-4H3;1-2H2;2*1H;/q;;;;;+2/p-2. The first kappa shape index (κ1) is 24.0. The molecule has 0 radical (unpaired) electrons. The van der Waals surface area contributed by atoms with Crippen LogP contribution in [-0.4, -0.2) is 0 Å². The maximum atomic E-state index is 2.54. The Morgan fingerprint density at radius 3 is 2.22 bits per heavy atom. The van der Waals surface area contributed by atoms with Crippen LogP contribution in [-0.2, 0) is 20.3 Å². The minimum absolute atomic E-state index is 0. The maximum Gasteiger partial charge on any atom is -1.00 e. The van der Waals surface area contributed by atoms with Gasteiger partial charge in [-0.1, -0.05) is 0 Å². The first-order valence-corrected chi connectivity index (χ1v) is 17.6. The third-order valence-corrected chi connectivity index (χ3v) is 20.0. The molecule has 3 aliphatic rings. The maximum absolute atomic E-state index is 2.55. The predicted molar refractivity (Wildman–Crippen MR) is 126 cm³/mol. The Morgan fingerprint density at radius 1 is 0.812 bits per heavy atom. The summed E-state index contributed by atoms with van der Waals surface area (Å²) in [5.74, 6) is 0. The zero-order valence-electron chi connectivity index (χ0n) is 19.3. The molecule has 1 fully saturated rings. The van der Waals surface area contributed by atoms with E-state index in [1.807, 2.05) is 3.28 Å². The fourth-order valence-corrected chi connectivity index (χ4v) is 23.1. The van der Waals surface area contributed by atoms with Gasteiger partial charge in [0.15, 0.2) is 0 Å². The summed E-state index contributed by atoms with van der Waals surface area (Å²) in [6.07, 6.45) is 3.77. The fraction of sp³-hybridized carbons (Fsp3) is 0.310. The molecular formula is C29H30Cl2Zr. The van der Waals surface area contributed by atoms with Crippen molar-refractivity contribution in [1.29, 1.82) is 0 Å². The third kappa shape index (κ3) is 3.34. The number of halogens is 2. The first-order chi connectivity index (χ1) is 14.4. The van der Waals surface area contributed by atoms with Crippen molar-refractivity contribution >= 4 is 10.8 Å². The second-order valence-electron chi connectivity index (χ2n) is 10.6. The van der Waals surface area contributed by atoms with Gasteiger partial charge >= 0.3 is 186 Å². The van der Waals surface area contributed by atoms with Gasteiger partial charge in [0.1, 0.15) is 0 Å². The van der Waals surface area contributed by atoms with Gasteiger partial charge in [-0.25, -0.2) is 0 Å². The van der Waals surface area contributed by atoms with Gasteiger partial charge in [-0.3, -0.25) is 0 Å². The van der Waals surface area contributed by atoms with Crippen molar-refractivity contribution in [2.45, 2.75) is 46.0 Å². The van der Waals surface area contributed by atoms with E-state index >= 15 is 0 Å². The Labute approximate surface area is 209 Å². The van der Waals surface area contributed by atoms with E-state index in [1.54, 1.807) is 22.3 Å². The number of benzene rings is 3. The van der Waals surface area contributed by atoms with Crippen LogP contribution in [0.5, 0.6) is 0 Å². The Kier molecular flexibility index (Phi) is 6.20. The van der Waals surface area contributed by atoms with Crippen LogP contribution in [0.15, 0.2) is 81.2 Å². The molecule has 2 aliphatic carbocycles. The fourth-order valence-electron chi connectivity index (χ4n) is 6.66. The molecule has 32 heavy (non-hydrogen) atoms. The number of hydrogen-bond donors (Lipinski definition) is 0. The molecule has 3 heteroatoms. The average molecular weight is 541 g/mol. The van der Waals surface area contributed by atoms with Crippen molar-refractivity contribution in [2.75, 3.05) is 0 Å². The van der Waals surface area contributed by atoms with Crippen LogP contribution in [0.25, 0.3) is 21.9 Å². The minimum Gasteiger partial charge on any atom is -1.00 e. The van der Waals surface area contributed by atoms with Crippen LogP contribution in [0, 0.1) is 5.41 Å². The number of allylic oxidation sites excluding steroid dienone is 4. The molecule has 3 aromatic rings. The molecule has 1 aliphatic heterocycles. The van der Waals surface area contributed by atoms with Crippen molar-refractivity contribution in [1.82, 2.24) is 0 Å². The Morgan fingerprint density at radius 2 is 1.50 bits per heavy atom. The van der Waals surface area contributed by atoms with Crippen LogP contribution in [0.4, 0.5) is 0 Å². The molecule has 0 aromatic heterocycles. The zero-order valence-corrected chi connectivity index (χ0v) is 23.3. The Balaban J connectivity index is 0.00000122. The molecule has 0 bridgehead atoms. The van der Waals surface area contributed by atoms with E-state index in [9.17, 15) is 0 Å². The molecule has 0 amide bonds. The van der Waals surface area contributed by atoms with Crippen molar-refractivity contribution in [2.24, 2.45) is 5.41 Å². The number of fused-ring (bicyclic) bond motifs is 5. The van der Waals surface area contributed by atoms with E-state index in [-0.39, 0.29) is 30.2 Å². The quantitative estimate of drug-likeness (QED) is 0.469. The third-order valence-electron chi connectivity index (χ3n) is 7.82. The Hall–Kier alpha value is -1.14. The molecule has 1 heterocycles. The molecule has 0 spiro atoms. The van der Waals surface area contributed by atoms with Crippen molar-refractivity contribution in [3.63, 3.8) is 0 Å². The van der Waals surface area contributed by atoms with E-state index < -0.39 is 20.3 Å². The van der Waals surface area contributed by atoms with Crippen LogP contribution in [0.2, 0.25) is 8.26 Å². The summed E-state index contributed by atoms with van der Waals surface area (Å²) in [7, 11) is 0. The molecule has 0 nitrogen and oxygen atoms in total. The zero-order chi connectivity index (χ0) is 20.7. The molecule has 1 saturated heterocycles. The number of hydrogen-bond acceptors (Lipinski definition) is 0. The summed E-state index contributed by atoms with van der Waals surface area (Å²) in [5, 5.41) is 2.90. The summed E-state index contributed by atoms with van der Waals surface area (Å²) < 4.78 is 5.66. The molecular weight excluding hydrogens is 510 g/mol. The van der Waals surface area contributed by atoms with Crippen molar-refractivity contribution in [3.8, 4) is 11.1 Å². The summed E-state index contributed by atoms with van der Waals surface area (Å²) in [5.41, 5.74) is 9.87. The smallest absolute Gasteiger partial charge is 1.00 e. The second kappa shape index (κ2) is 8.27. The molecule has 164 valence electrons. The molecule has 6 rings (SSSR count). The van der Waals surface area contributed by atoms with Gasteiger partial charge in [0, 0.05) is 0 Å². The van der Waals surface area contributed by atoms with Gasteiger partial charge in [0.25, 0.3) is 0 Å². The Bertz CT molecular complexity index is 1270. The van der Waals surface area contributed by atoms with Gasteiger partial charge in [0.2, 0.25) is 0 Å². The predicted octanol–water partition coefficient (Wildman–Crippen LogP) is 2.57. The van der Waals surface area contributed by atoms with Crippen LogP contribution in [0.1, 0.15) is 48.9 Å². The molecule has 1 atom stereocenters. The van der Waals surface area contributed by atoms with Crippen molar-refractivity contribution < 1.29 is 45.1 Å². The molecule has 0 saturated carbocycles. The summed E-state index contributed by atoms with van der Waals surface area (Å²) in [6.45, 7) is 9.65. The van der Waals surface area contributed by atoms with E-state index in [4.69, 9.17) is 0 Å². The SMILES string of the molecule is CC1=CC[C]([Zr+2]2([CH]3c4ccccc4-c4ccc5ccccc5c43)[CH2][CH2]2)=C1C(C)(C)C.[Cl-].[Cl-]. The van der Waals surface area contributed by atoms with Crippen LogP contribution < -0.4 is 24.8 Å². The van der Waals surface area contributed by atoms with E-state index in [0.29, 0.717) is 3.63 Å². The van der Waals surface area contributed by atoms with Gasteiger partial charge in [-0.05, 0) is 0 Å². The first-order valence-electron chi connectivity index (χ1n) is 11.4. The van der Waals surface area contributed by atoms with Gasteiger partial charge in [-0.15, -0.1) is 0 Å². The average Bonchev–Trinajstić information content (AvgIpc) is 3.29. The second-order valence-corrected chi connectivity index (χ2v) is 21.7. The van der Waals surface area contributed by atoms with E-state index in [0.717, 1.165) is 0 Å². The summed E-state index contributed by atoms with van der Waals surface area (Å²) in [6, 6.07) is 23.2. The summed E-state index contributed by atoms with van der Waals surface area (Å²) in [4.78, 5) is 0. The van der Waals surface area contributed by atoms with Crippen LogP contribution >= 0.6 is 0 Å². The summed E-state index contributed by atoms with van der Waals surface area (Å²) >= 11 is -2.55. The van der Waals surface area contributed by atoms with E-state index in [2.05, 4.69) is 94.4 Å². The molecule has 0 N–H and O–H groups in total. The largest absolute Gasteiger partial charge is 1.00 e. The molecule has 3 aromatic carbocycles. The van der Waals surface area contributed by atoms with Crippen LogP contribution in [0.3, 0.4) is 0 Å². The van der Waals surface area contributed by atoms with Gasteiger partial charge in [0.05, 0.1) is 0 Å². The minimum atomic E-state index is -2.55. The number of rotatable bonds is 2. The monoisotopic (exact) mass is 538 g/mol. The topological polar surface area (TPSA) is 0 Å². The van der Waals surface area contributed by atoms with Crippen molar-refractivity contribution in [3.05, 3.63) is 92.3 Å². The van der Waals surface area contributed by atoms with Gasteiger partial charge in [-0.2, -0.15) is 0 Å². The normalized spacial score (nSPS) is 19.2. The van der Waals surface area contributed by atoms with Gasteiger partial charge < -0.3 is 24.8 Å². The van der Waals surface area contributed by atoms with E-state index in [1.165, 1.54) is 36.6 Å².